The second-order valence-corrected chi connectivity index (χ2v) is 23.1. The number of ether oxygens (including phenoxy) is 7. The monoisotopic (exact) mass is 1090 g/mol. The number of nitrogens with zero attached hydrogens (tertiary/aromatic N) is 9. The van der Waals surface area contributed by atoms with Gasteiger partial charge in [0.15, 0.2) is 24.7 Å². The van der Waals surface area contributed by atoms with Crippen molar-refractivity contribution in [3.05, 3.63) is 48.3 Å². The molecule has 7 rings (SSSR count). The lowest BCUT2D eigenvalue weighted by Gasteiger charge is -2.49. The van der Waals surface area contributed by atoms with Crippen LogP contribution in [0.15, 0.2) is 36.8 Å². The highest BCUT2D eigenvalue weighted by Crippen LogP contribution is 2.41. The molecule has 6 heterocycles. The normalized spacial score (nSPS) is 40.4. The van der Waals surface area contributed by atoms with Gasteiger partial charge in [0.1, 0.15) is 35.7 Å². The number of carbonyl (C=O) groups is 1. The molecule has 1 amide bonds. The van der Waals surface area contributed by atoms with Crippen molar-refractivity contribution in [2.75, 3.05) is 45.7 Å². The number of hydrogen-bond acceptors (Lipinski definition) is 20. The largest absolute Gasteiger partial charge is 0.442 e. The number of carbonyl (C=O) groups excluding carboxylic acids is 1. The Balaban J connectivity index is 1.08. The topological polar surface area (TPSA) is 274 Å². The lowest BCUT2D eigenvalue weighted by atomic mass is 9.77. The second-order valence-electron chi connectivity index (χ2n) is 23.1. The molecule has 23 nitrogen and oxygen atoms in total. The van der Waals surface area contributed by atoms with Gasteiger partial charge in [-0.05, 0) is 99.0 Å². The summed E-state index contributed by atoms with van der Waals surface area (Å²) in [4.78, 5) is 18.2. The van der Waals surface area contributed by atoms with Crippen molar-refractivity contribution in [2.45, 2.75) is 211 Å². The lowest BCUT2D eigenvalue weighted by Crippen LogP contribution is -2.61. The third-order valence-corrected chi connectivity index (χ3v) is 16.7. The summed E-state index contributed by atoms with van der Waals surface area (Å²) in [6, 6.07) is 3.34. The number of aliphatic hydroxyl groups excluding tert-OH is 4. The van der Waals surface area contributed by atoms with Crippen LogP contribution in [0.25, 0.3) is 5.69 Å². The molecule has 0 saturated carbocycles. The zero-order valence-corrected chi connectivity index (χ0v) is 47.0. The van der Waals surface area contributed by atoms with Gasteiger partial charge in [-0.15, -0.1) is 10.2 Å². The number of aliphatic hydroxyl groups is 6. The van der Waals surface area contributed by atoms with E-state index < -0.39 is 126 Å². The molecule has 6 N–H and O–H groups in total. The third kappa shape index (κ3) is 13.7. The van der Waals surface area contributed by atoms with Crippen molar-refractivity contribution in [1.82, 2.24) is 39.8 Å². The Hall–Kier alpha value is -3.86. The van der Waals surface area contributed by atoms with E-state index in [1.54, 1.807) is 51.6 Å². The number of rotatable bonds is 14. The molecule has 434 valence electrons. The molecule has 4 fully saturated rings. The van der Waals surface area contributed by atoms with Gasteiger partial charge in [0.25, 0.3) is 0 Å². The van der Waals surface area contributed by atoms with E-state index in [-0.39, 0.29) is 44.0 Å². The molecule has 0 spiro atoms. The van der Waals surface area contributed by atoms with Crippen LogP contribution in [0, 0.1) is 23.6 Å². The SMILES string of the molecule is CC[C@H]1OC(O)[C@H](C)[C@@H](O[C@H]2C[C@@](C)(OC)[C@@H](O)[C@H](C)O2)[C@H](C)[C@@H](O[C@@H]2O[C@H](C)C[C@H](N(C)CCc3cn(C[C@H]4CN(c5ccc(-n6ccnn6)c(F)c5)C(=O)O4)nn3)[C@H]2O)[C@](C)(O)C[C@@H](C)CN(C)[C@H](C)[C@@H](O)[C@]1(C)O. The van der Waals surface area contributed by atoms with Gasteiger partial charge in [-0.1, -0.05) is 38.1 Å². The fourth-order valence-corrected chi connectivity index (χ4v) is 12.0. The highest BCUT2D eigenvalue weighted by atomic mass is 19.1. The summed E-state index contributed by atoms with van der Waals surface area (Å²) in [5.74, 6) is -2.47. The van der Waals surface area contributed by atoms with E-state index in [2.05, 4.69) is 20.6 Å². The quantitative estimate of drug-likeness (QED) is 0.135. The smallest absolute Gasteiger partial charge is 0.414 e. The molecule has 0 bridgehead atoms. The third-order valence-electron chi connectivity index (χ3n) is 16.7. The maximum absolute atomic E-state index is 15.0. The van der Waals surface area contributed by atoms with Crippen molar-refractivity contribution in [3.63, 3.8) is 0 Å². The van der Waals surface area contributed by atoms with Gasteiger partial charge in [0, 0.05) is 63.2 Å². The Morgan fingerprint density at radius 1 is 0.935 bits per heavy atom. The summed E-state index contributed by atoms with van der Waals surface area (Å²) in [5, 5.41) is 88.2. The molecule has 4 aliphatic rings. The molecule has 0 radical (unpaired) electrons. The van der Waals surface area contributed by atoms with Crippen LogP contribution >= 0.6 is 0 Å². The van der Waals surface area contributed by atoms with Gasteiger partial charge in [0.05, 0.1) is 78.6 Å². The maximum atomic E-state index is 15.0. The van der Waals surface area contributed by atoms with Gasteiger partial charge < -0.3 is 73.6 Å². The molecule has 20 atom stereocenters. The second kappa shape index (κ2) is 24.9. The zero-order valence-electron chi connectivity index (χ0n) is 47.0. The van der Waals surface area contributed by atoms with Crippen LogP contribution in [0.3, 0.4) is 0 Å². The van der Waals surface area contributed by atoms with Gasteiger partial charge in [0.2, 0.25) is 0 Å². The number of anilines is 1. The van der Waals surface area contributed by atoms with E-state index in [0.717, 1.165) is 0 Å². The molecular weight excluding hydrogens is 1010 g/mol. The van der Waals surface area contributed by atoms with Crippen molar-refractivity contribution in [3.8, 4) is 5.69 Å². The predicted molar refractivity (Wildman–Crippen MR) is 277 cm³/mol. The summed E-state index contributed by atoms with van der Waals surface area (Å²) in [6.45, 7) is 18.9. The highest BCUT2D eigenvalue weighted by Gasteiger charge is 2.53. The van der Waals surface area contributed by atoms with Crippen LogP contribution < -0.4 is 4.90 Å². The standard InChI is InChI=1S/C53H86FN9O14/c1-14-41-53(10,70)45(65)33(6)60(12)25-29(2)23-51(8,69)47(31(4)44(32(5)48(67)75-41)76-42-24-52(9,71-13)46(66)34(7)73-42)77-49-43(64)40(21-30(3)72-49)59(11)19-17-35-26-61(58-56-35)27-37-28-62(50(68)74-37)36-15-16-39(38(54)22-36)63-20-18-55-57-63/h15-16,18,20,22,26,29-34,37,40-49,64-67,69-70H,14,17,19,21,23-25,27-28H2,1-13H3/t29-,30-,31+,32-,33-,34+,37+,40+,41-,42+,43-,44+,45-,46+,47-,48?,49+,51-,52-,53-/m1/s1. The Labute approximate surface area is 451 Å². The Morgan fingerprint density at radius 2 is 1.66 bits per heavy atom. The first-order valence-electron chi connectivity index (χ1n) is 27.1. The number of hydrogen-bond donors (Lipinski definition) is 6. The van der Waals surface area contributed by atoms with E-state index in [4.69, 9.17) is 33.2 Å². The minimum atomic E-state index is -1.80. The van der Waals surface area contributed by atoms with Gasteiger partial charge >= 0.3 is 6.09 Å². The Bertz CT molecular complexity index is 2370. The van der Waals surface area contributed by atoms with Crippen LogP contribution in [-0.2, 0) is 46.1 Å². The average molecular weight is 1090 g/mol. The molecule has 4 saturated heterocycles. The van der Waals surface area contributed by atoms with Gasteiger partial charge in [-0.2, -0.15) is 0 Å². The summed E-state index contributed by atoms with van der Waals surface area (Å²) in [7, 11) is 5.24. The lowest BCUT2D eigenvalue weighted by molar-refractivity contribution is -0.326. The first kappa shape index (κ1) is 60.8. The van der Waals surface area contributed by atoms with Crippen LogP contribution in [-0.4, -0.2) is 220 Å². The number of cyclic esters (lactones) is 1. The summed E-state index contributed by atoms with van der Waals surface area (Å²) in [5.41, 5.74) is -3.32. The molecule has 4 aliphatic heterocycles. The molecule has 2 aromatic heterocycles. The molecular formula is C53H86FN9O14. The first-order valence-corrected chi connectivity index (χ1v) is 27.1. The first-order chi connectivity index (χ1) is 36.2. The number of aromatic nitrogens is 6. The predicted octanol–water partition coefficient (Wildman–Crippen LogP) is 2.64. The van der Waals surface area contributed by atoms with E-state index in [1.165, 1.54) is 48.1 Å². The fraction of sp³-hybridized carbons (Fsp3) is 0.792. The minimum absolute atomic E-state index is 0.108. The van der Waals surface area contributed by atoms with Gasteiger partial charge in [-0.25, -0.2) is 18.5 Å². The van der Waals surface area contributed by atoms with Crippen molar-refractivity contribution in [2.24, 2.45) is 17.8 Å². The number of benzene rings is 1. The van der Waals surface area contributed by atoms with Crippen LogP contribution in [0.4, 0.5) is 14.9 Å². The van der Waals surface area contributed by atoms with Crippen molar-refractivity contribution >= 4 is 11.8 Å². The molecule has 24 heteroatoms. The highest BCUT2D eigenvalue weighted by molar-refractivity contribution is 5.89. The summed E-state index contributed by atoms with van der Waals surface area (Å²) >= 11 is 0. The van der Waals surface area contributed by atoms with E-state index >= 15 is 4.39 Å². The minimum Gasteiger partial charge on any atom is -0.442 e. The Kier molecular flexibility index (Phi) is 19.6. The summed E-state index contributed by atoms with van der Waals surface area (Å²) < 4.78 is 62.2. The molecule has 1 aromatic carbocycles. The zero-order chi connectivity index (χ0) is 56.5. The molecule has 3 aromatic rings. The number of likely N-dealkylation sites (N-methyl/N-ethyl adjacent to an activating group) is 2. The van der Waals surface area contributed by atoms with Crippen LogP contribution in [0.1, 0.15) is 101 Å². The average Bonchev–Trinajstić information content (AvgIpc) is 4.16. The number of halogens is 1. The number of methoxy groups -OCH3 is 1. The number of amides is 1. The Morgan fingerprint density at radius 3 is 2.32 bits per heavy atom. The molecule has 1 unspecified atom stereocenters. The van der Waals surface area contributed by atoms with Crippen LogP contribution in [0.5, 0.6) is 0 Å². The summed E-state index contributed by atoms with van der Waals surface area (Å²) in [6.07, 6.45) is -6.59. The van der Waals surface area contributed by atoms with E-state index in [0.29, 0.717) is 37.3 Å². The van der Waals surface area contributed by atoms with Gasteiger partial charge in [-0.3, -0.25) is 4.90 Å². The van der Waals surface area contributed by atoms with Crippen molar-refractivity contribution in [1.29, 1.82) is 0 Å². The maximum Gasteiger partial charge on any atom is 0.414 e. The fourth-order valence-electron chi connectivity index (χ4n) is 12.0. The van der Waals surface area contributed by atoms with Crippen molar-refractivity contribution < 1.29 is 73.0 Å². The molecule has 0 aliphatic carbocycles. The molecule has 77 heavy (non-hydrogen) atoms. The van der Waals surface area contributed by atoms with E-state index in [1.807, 2.05) is 51.6 Å². The van der Waals surface area contributed by atoms with Crippen LogP contribution in [0.2, 0.25) is 0 Å². The van der Waals surface area contributed by atoms with E-state index in [9.17, 15) is 35.4 Å².